The van der Waals surface area contributed by atoms with E-state index in [-0.39, 0.29) is 5.92 Å². The smallest absolute Gasteiger partial charge is 0.0309 e. The van der Waals surface area contributed by atoms with E-state index >= 15 is 0 Å². The van der Waals surface area contributed by atoms with Gasteiger partial charge in [-0.15, -0.1) is 6.58 Å². The van der Waals surface area contributed by atoms with Gasteiger partial charge in [-0.3, -0.25) is 9.97 Å². The summed E-state index contributed by atoms with van der Waals surface area (Å²) in [4.78, 5) is 8.12. The third-order valence-electron chi connectivity index (χ3n) is 2.34. The highest BCUT2D eigenvalue weighted by molar-refractivity contribution is 5.33. The number of allylic oxidation sites excluding steroid dienone is 1. The summed E-state index contributed by atoms with van der Waals surface area (Å²) in [5.74, 6) is 0.196. The van der Waals surface area contributed by atoms with Crippen LogP contribution < -0.4 is 0 Å². The van der Waals surface area contributed by atoms with Crippen LogP contribution in [0.15, 0.2) is 61.7 Å². The predicted molar refractivity (Wildman–Crippen MR) is 60.5 cm³/mol. The molecule has 0 amide bonds. The number of rotatable bonds is 3. The van der Waals surface area contributed by atoms with Crippen molar-refractivity contribution in [2.45, 2.75) is 5.92 Å². The number of pyridine rings is 2. The molecular formula is C13H12N2. The monoisotopic (exact) mass is 196 g/mol. The Morgan fingerprint density at radius 2 is 1.80 bits per heavy atom. The fraction of sp³-hybridized carbons (Fsp3) is 0.0769. The summed E-state index contributed by atoms with van der Waals surface area (Å²) in [6.45, 7) is 3.87. The number of aromatic nitrogens is 2. The van der Waals surface area contributed by atoms with Gasteiger partial charge in [0.25, 0.3) is 0 Å². The van der Waals surface area contributed by atoms with E-state index in [1.54, 1.807) is 18.6 Å². The van der Waals surface area contributed by atoms with Gasteiger partial charge in [-0.2, -0.15) is 0 Å². The van der Waals surface area contributed by atoms with Gasteiger partial charge in [0.05, 0.1) is 0 Å². The first-order chi connectivity index (χ1) is 7.42. The summed E-state index contributed by atoms with van der Waals surface area (Å²) in [6.07, 6.45) is 9.15. The van der Waals surface area contributed by atoms with Crippen molar-refractivity contribution >= 4 is 0 Å². The van der Waals surface area contributed by atoms with Gasteiger partial charge in [-0.25, -0.2) is 0 Å². The third-order valence-corrected chi connectivity index (χ3v) is 2.34. The van der Waals surface area contributed by atoms with Crippen molar-refractivity contribution in [2.75, 3.05) is 0 Å². The van der Waals surface area contributed by atoms with Crippen LogP contribution in [0.1, 0.15) is 17.0 Å². The van der Waals surface area contributed by atoms with E-state index in [1.165, 1.54) is 5.56 Å². The predicted octanol–water partition coefficient (Wildman–Crippen LogP) is 2.79. The van der Waals surface area contributed by atoms with Gasteiger partial charge in [0.15, 0.2) is 0 Å². The first kappa shape index (κ1) is 9.59. The SMILES string of the molecule is C=CC(c1ccncc1)c1cccnc1. The minimum absolute atomic E-state index is 0.196. The molecule has 15 heavy (non-hydrogen) atoms. The number of hydrogen-bond acceptors (Lipinski definition) is 2. The van der Waals surface area contributed by atoms with E-state index in [4.69, 9.17) is 0 Å². The third kappa shape index (κ3) is 2.10. The van der Waals surface area contributed by atoms with Crippen molar-refractivity contribution in [1.82, 2.24) is 9.97 Å². The Balaban J connectivity index is 2.38. The Morgan fingerprint density at radius 3 is 2.40 bits per heavy atom. The molecule has 2 heteroatoms. The topological polar surface area (TPSA) is 25.8 Å². The molecule has 74 valence electrons. The van der Waals surface area contributed by atoms with E-state index < -0.39 is 0 Å². The summed E-state index contributed by atoms with van der Waals surface area (Å²) in [5.41, 5.74) is 2.34. The lowest BCUT2D eigenvalue weighted by atomic mass is 9.93. The average molecular weight is 196 g/mol. The summed E-state index contributed by atoms with van der Waals surface area (Å²) < 4.78 is 0. The molecular weight excluding hydrogens is 184 g/mol. The fourth-order valence-corrected chi connectivity index (χ4v) is 1.60. The van der Waals surface area contributed by atoms with E-state index in [1.807, 2.05) is 30.5 Å². The zero-order valence-electron chi connectivity index (χ0n) is 8.38. The maximum absolute atomic E-state index is 4.12. The van der Waals surface area contributed by atoms with Gasteiger partial charge < -0.3 is 0 Å². The Bertz CT molecular complexity index is 383. The van der Waals surface area contributed by atoms with Gasteiger partial charge in [0, 0.05) is 30.7 Å². The largest absolute Gasteiger partial charge is 0.265 e. The minimum atomic E-state index is 0.196. The fourth-order valence-electron chi connectivity index (χ4n) is 1.60. The maximum Gasteiger partial charge on any atom is 0.0309 e. The molecule has 0 saturated heterocycles. The lowest BCUT2D eigenvalue weighted by Gasteiger charge is -2.12. The van der Waals surface area contributed by atoms with Crippen LogP contribution in [0.5, 0.6) is 0 Å². The zero-order chi connectivity index (χ0) is 10.5. The molecule has 0 spiro atoms. The summed E-state index contributed by atoms with van der Waals surface area (Å²) in [6, 6.07) is 7.99. The van der Waals surface area contributed by atoms with Crippen LogP contribution in [0.4, 0.5) is 0 Å². The van der Waals surface area contributed by atoms with Crippen LogP contribution in [0.3, 0.4) is 0 Å². The molecule has 2 aromatic heterocycles. The lowest BCUT2D eigenvalue weighted by Crippen LogP contribution is -1.97. The molecule has 0 aromatic carbocycles. The Morgan fingerprint density at radius 1 is 1.00 bits per heavy atom. The normalized spacial score (nSPS) is 12.0. The molecule has 2 aromatic rings. The quantitative estimate of drug-likeness (QED) is 0.705. The van der Waals surface area contributed by atoms with E-state index in [2.05, 4.69) is 22.6 Å². The van der Waals surface area contributed by atoms with Gasteiger partial charge in [-0.1, -0.05) is 12.1 Å². The van der Waals surface area contributed by atoms with Crippen LogP contribution in [0.25, 0.3) is 0 Å². The van der Waals surface area contributed by atoms with E-state index in [0.29, 0.717) is 0 Å². The molecule has 0 saturated carbocycles. The molecule has 0 fully saturated rings. The van der Waals surface area contributed by atoms with Crippen LogP contribution >= 0.6 is 0 Å². The molecule has 0 aliphatic rings. The Kier molecular flexibility index (Phi) is 2.88. The second-order valence-corrected chi connectivity index (χ2v) is 3.28. The average Bonchev–Trinajstić information content (AvgIpc) is 2.33. The molecule has 0 radical (unpaired) electrons. The summed E-state index contributed by atoms with van der Waals surface area (Å²) >= 11 is 0. The van der Waals surface area contributed by atoms with Crippen molar-refractivity contribution in [3.63, 3.8) is 0 Å². The number of nitrogens with zero attached hydrogens (tertiary/aromatic N) is 2. The van der Waals surface area contributed by atoms with E-state index in [0.717, 1.165) is 5.56 Å². The standard InChI is InChI=1S/C13H12N2/c1-2-13(11-5-8-14-9-6-11)12-4-3-7-15-10-12/h2-10,13H,1H2. The minimum Gasteiger partial charge on any atom is -0.265 e. The number of hydrogen-bond donors (Lipinski definition) is 0. The van der Waals surface area contributed by atoms with Crippen molar-refractivity contribution in [2.24, 2.45) is 0 Å². The Hall–Kier alpha value is -1.96. The highest BCUT2D eigenvalue weighted by Gasteiger charge is 2.09. The molecule has 0 aliphatic heterocycles. The van der Waals surface area contributed by atoms with Gasteiger partial charge in [-0.05, 0) is 29.3 Å². The van der Waals surface area contributed by atoms with Crippen molar-refractivity contribution < 1.29 is 0 Å². The highest BCUT2D eigenvalue weighted by Crippen LogP contribution is 2.23. The molecule has 1 atom stereocenters. The van der Waals surface area contributed by atoms with Crippen LogP contribution in [0, 0.1) is 0 Å². The maximum atomic E-state index is 4.12. The highest BCUT2D eigenvalue weighted by atomic mass is 14.6. The van der Waals surface area contributed by atoms with Crippen molar-refractivity contribution in [3.05, 3.63) is 72.8 Å². The summed E-state index contributed by atoms with van der Waals surface area (Å²) in [5, 5.41) is 0. The first-order valence-electron chi connectivity index (χ1n) is 4.84. The van der Waals surface area contributed by atoms with Gasteiger partial charge in [0.1, 0.15) is 0 Å². The molecule has 0 aliphatic carbocycles. The molecule has 2 heterocycles. The molecule has 0 bridgehead atoms. The first-order valence-corrected chi connectivity index (χ1v) is 4.84. The van der Waals surface area contributed by atoms with Crippen molar-refractivity contribution in [3.8, 4) is 0 Å². The zero-order valence-corrected chi connectivity index (χ0v) is 8.38. The lowest BCUT2D eigenvalue weighted by molar-refractivity contribution is 1.00. The second kappa shape index (κ2) is 4.51. The molecule has 1 unspecified atom stereocenters. The molecule has 0 N–H and O–H groups in total. The van der Waals surface area contributed by atoms with Gasteiger partial charge >= 0.3 is 0 Å². The van der Waals surface area contributed by atoms with Crippen LogP contribution in [0.2, 0.25) is 0 Å². The van der Waals surface area contributed by atoms with E-state index in [9.17, 15) is 0 Å². The second-order valence-electron chi connectivity index (χ2n) is 3.28. The van der Waals surface area contributed by atoms with Crippen LogP contribution in [-0.4, -0.2) is 9.97 Å². The molecule has 2 nitrogen and oxygen atoms in total. The van der Waals surface area contributed by atoms with Gasteiger partial charge in [0.2, 0.25) is 0 Å². The summed E-state index contributed by atoms with van der Waals surface area (Å²) in [7, 11) is 0. The van der Waals surface area contributed by atoms with Crippen LogP contribution in [-0.2, 0) is 0 Å². The van der Waals surface area contributed by atoms with Crippen molar-refractivity contribution in [1.29, 1.82) is 0 Å². The molecule has 2 rings (SSSR count). The Labute approximate surface area is 89.3 Å².